The van der Waals surface area contributed by atoms with E-state index < -0.39 is 21.7 Å². The molecule has 0 bridgehead atoms. The molecule has 0 aliphatic carbocycles. The van der Waals surface area contributed by atoms with Crippen LogP contribution < -0.4 is 10.1 Å². The molecule has 1 aliphatic heterocycles. The summed E-state index contributed by atoms with van der Waals surface area (Å²) in [6.07, 6.45) is 2.69. The number of carbonyl (C=O) groups is 1. The third kappa shape index (κ3) is 5.39. The zero-order valence-electron chi connectivity index (χ0n) is 15.3. The summed E-state index contributed by atoms with van der Waals surface area (Å²) in [4.78, 5) is 12.1. The zero-order chi connectivity index (χ0) is 21.0. The van der Waals surface area contributed by atoms with E-state index in [0.717, 1.165) is 25.3 Å². The van der Waals surface area contributed by atoms with Crippen molar-refractivity contribution in [2.45, 2.75) is 24.2 Å². The lowest BCUT2D eigenvalue weighted by Gasteiger charge is -2.26. The van der Waals surface area contributed by atoms with Gasteiger partial charge in [0.15, 0.2) is 6.61 Å². The van der Waals surface area contributed by atoms with Crippen molar-refractivity contribution in [3.8, 4) is 5.75 Å². The van der Waals surface area contributed by atoms with Gasteiger partial charge in [0.25, 0.3) is 5.91 Å². The van der Waals surface area contributed by atoms with Gasteiger partial charge in [-0.05, 0) is 49.2 Å². The van der Waals surface area contributed by atoms with Crippen molar-refractivity contribution >= 4 is 44.8 Å². The molecule has 2 aromatic rings. The summed E-state index contributed by atoms with van der Waals surface area (Å²) >= 11 is 11.8. The van der Waals surface area contributed by atoms with E-state index in [-0.39, 0.29) is 27.3 Å². The van der Waals surface area contributed by atoms with Crippen molar-refractivity contribution in [3.63, 3.8) is 0 Å². The van der Waals surface area contributed by atoms with Gasteiger partial charge in [-0.3, -0.25) is 4.79 Å². The molecule has 0 unspecified atom stereocenters. The van der Waals surface area contributed by atoms with E-state index in [9.17, 15) is 17.6 Å². The molecule has 3 rings (SSSR count). The maximum atomic E-state index is 13.2. The molecule has 1 fully saturated rings. The van der Waals surface area contributed by atoms with Gasteiger partial charge in [0, 0.05) is 18.8 Å². The molecule has 0 atom stereocenters. The summed E-state index contributed by atoms with van der Waals surface area (Å²) in [5, 5.41) is 2.49. The van der Waals surface area contributed by atoms with E-state index in [1.165, 1.54) is 34.6 Å². The summed E-state index contributed by atoms with van der Waals surface area (Å²) in [5.41, 5.74) is 0.319. The smallest absolute Gasteiger partial charge is 0.262 e. The van der Waals surface area contributed by atoms with Gasteiger partial charge >= 0.3 is 0 Å². The van der Waals surface area contributed by atoms with Gasteiger partial charge in [-0.15, -0.1) is 0 Å². The molecular weight excluding hydrogens is 442 g/mol. The highest BCUT2D eigenvalue weighted by molar-refractivity contribution is 7.89. The van der Waals surface area contributed by atoms with Gasteiger partial charge < -0.3 is 10.1 Å². The van der Waals surface area contributed by atoms with Crippen LogP contribution in [0.1, 0.15) is 19.3 Å². The number of sulfonamides is 1. The van der Waals surface area contributed by atoms with Crippen LogP contribution in [0.2, 0.25) is 10.0 Å². The van der Waals surface area contributed by atoms with Gasteiger partial charge in [-0.25, -0.2) is 12.8 Å². The first-order valence-corrected chi connectivity index (χ1v) is 11.1. The number of halogens is 3. The molecule has 10 heteroatoms. The second-order valence-corrected chi connectivity index (χ2v) is 9.28. The number of hydrogen-bond acceptors (Lipinski definition) is 4. The monoisotopic (exact) mass is 460 g/mol. The van der Waals surface area contributed by atoms with Crippen molar-refractivity contribution in [1.82, 2.24) is 4.31 Å². The van der Waals surface area contributed by atoms with Crippen LogP contribution in [0, 0.1) is 5.82 Å². The Morgan fingerprint density at radius 3 is 2.45 bits per heavy atom. The molecule has 29 heavy (non-hydrogen) atoms. The molecule has 156 valence electrons. The van der Waals surface area contributed by atoms with Gasteiger partial charge in [-0.1, -0.05) is 29.6 Å². The van der Waals surface area contributed by atoms with Crippen LogP contribution >= 0.6 is 23.2 Å². The number of carbonyl (C=O) groups excluding carboxylic acids is 1. The summed E-state index contributed by atoms with van der Waals surface area (Å²) in [6.45, 7) is 0.616. The fourth-order valence-electron chi connectivity index (χ4n) is 2.93. The number of nitrogens with one attached hydrogen (secondary N) is 1. The van der Waals surface area contributed by atoms with Crippen LogP contribution in [0.15, 0.2) is 41.3 Å². The maximum absolute atomic E-state index is 13.2. The molecule has 1 saturated heterocycles. The lowest BCUT2D eigenvalue weighted by molar-refractivity contribution is -0.118. The van der Waals surface area contributed by atoms with Crippen LogP contribution in [-0.4, -0.2) is 38.3 Å². The molecule has 1 amide bonds. The average molecular weight is 461 g/mol. The molecule has 6 nitrogen and oxygen atoms in total. The van der Waals surface area contributed by atoms with E-state index in [1.54, 1.807) is 0 Å². The molecule has 0 spiro atoms. The Bertz CT molecular complexity index is 1010. The third-order valence-corrected chi connectivity index (χ3v) is 6.90. The Balaban J connectivity index is 1.63. The molecule has 2 aromatic carbocycles. The fourth-order valence-corrected chi connectivity index (χ4v) is 4.95. The van der Waals surface area contributed by atoms with Gasteiger partial charge in [0.05, 0.1) is 14.9 Å². The Hall–Kier alpha value is -1.87. The fraction of sp³-hybridized carbons (Fsp3) is 0.316. The van der Waals surface area contributed by atoms with Crippen molar-refractivity contribution in [3.05, 3.63) is 52.3 Å². The van der Waals surface area contributed by atoms with Gasteiger partial charge in [0.1, 0.15) is 11.6 Å². The van der Waals surface area contributed by atoms with Crippen LogP contribution in [0.4, 0.5) is 10.1 Å². The van der Waals surface area contributed by atoms with E-state index in [1.807, 2.05) is 0 Å². The number of nitrogens with zero attached hydrogens (tertiary/aromatic N) is 1. The minimum absolute atomic E-state index is 0.0840. The van der Waals surface area contributed by atoms with E-state index in [4.69, 9.17) is 27.9 Å². The SMILES string of the molecule is O=C(COc1ccc(S(=O)(=O)N2CCCCC2)cc1Cl)Nc1ccc(F)c(Cl)c1. The summed E-state index contributed by atoms with van der Waals surface area (Å²) in [6, 6.07) is 7.92. The second kappa shape index (κ2) is 9.30. The predicted octanol–water partition coefficient (Wildman–Crippen LogP) is 4.32. The minimum atomic E-state index is -3.61. The molecule has 1 aliphatic rings. The van der Waals surface area contributed by atoms with Crippen LogP contribution in [0.3, 0.4) is 0 Å². The standard InChI is InChI=1S/C19H19Cl2FN2O4S/c20-15-10-13(4-6-17(15)22)23-19(25)12-28-18-7-5-14(11-16(18)21)29(26,27)24-8-2-1-3-9-24/h4-7,10-11H,1-3,8-9,12H2,(H,23,25). The number of rotatable bonds is 6. The quantitative estimate of drug-likeness (QED) is 0.695. The van der Waals surface area contributed by atoms with Crippen LogP contribution in [-0.2, 0) is 14.8 Å². The minimum Gasteiger partial charge on any atom is -0.482 e. The molecule has 1 heterocycles. The number of hydrogen-bond donors (Lipinski definition) is 1. The first-order valence-electron chi connectivity index (χ1n) is 8.95. The van der Waals surface area contributed by atoms with Crippen molar-refractivity contribution in [2.24, 2.45) is 0 Å². The number of amides is 1. The highest BCUT2D eigenvalue weighted by Crippen LogP contribution is 2.30. The van der Waals surface area contributed by atoms with Crippen LogP contribution in [0.5, 0.6) is 5.75 Å². The Kier molecular flexibility index (Phi) is 7.00. The number of ether oxygens (including phenoxy) is 1. The Morgan fingerprint density at radius 2 is 1.79 bits per heavy atom. The van der Waals surface area contributed by atoms with E-state index in [2.05, 4.69) is 5.32 Å². The summed E-state index contributed by atoms with van der Waals surface area (Å²) < 4.78 is 45.4. The summed E-state index contributed by atoms with van der Waals surface area (Å²) in [7, 11) is -3.61. The highest BCUT2D eigenvalue weighted by atomic mass is 35.5. The topological polar surface area (TPSA) is 75.7 Å². The normalized spacial score (nSPS) is 15.1. The lowest BCUT2D eigenvalue weighted by Crippen LogP contribution is -2.35. The Morgan fingerprint density at radius 1 is 1.07 bits per heavy atom. The third-order valence-electron chi connectivity index (χ3n) is 4.42. The average Bonchev–Trinajstić information content (AvgIpc) is 2.70. The highest BCUT2D eigenvalue weighted by Gasteiger charge is 2.26. The Labute approximate surface area is 178 Å². The van der Waals surface area contributed by atoms with Crippen molar-refractivity contribution < 1.29 is 22.3 Å². The number of benzene rings is 2. The molecule has 0 saturated carbocycles. The zero-order valence-corrected chi connectivity index (χ0v) is 17.7. The van der Waals surface area contributed by atoms with Gasteiger partial charge in [0.2, 0.25) is 10.0 Å². The van der Waals surface area contributed by atoms with Crippen molar-refractivity contribution in [1.29, 1.82) is 0 Å². The largest absolute Gasteiger partial charge is 0.482 e. The first kappa shape index (κ1) is 21.8. The summed E-state index contributed by atoms with van der Waals surface area (Å²) in [5.74, 6) is -0.919. The molecular formula is C19H19Cl2FN2O4S. The van der Waals surface area contributed by atoms with Gasteiger partial charge in [-0.2, -0.15) is 4.31 Å². The van der Waals surface area contributed by atoms with Crippen LogP contribution in [0.25, 0.3) is 0 Å². The lowest BCUT2D eigenvalue weighted by atomic mass is 10.2. The predicted molar refractivity (Wildman–Crippen MR) is 110 cm³/mol. The maximum Gasteiger partial charge on any atom is 0.262 e. The first-order chi connectivity index (χ1) is 13.8. The number of anilines is 1. The molecule has 0 radical (unpaired) electrons. The molecule has 1 N–H and O–H groups in total. The molecule has 0 aromatic heterocycles. The second-order valence-electron chi connectivity index (χ2n) is 6.52. The van der Waals surface area contributed by atoms with E-state index in [0.29, 0.717) is 18.8 Å². The number of piperidine rings is 1. The van der Waals surface area contributed by atoms with E-state index >= 15 is 0 Å². The van der Waals surface area contributed by atoms with Crippen molar-refractivity contribution in [2.75, 3.05) is 25.0 Å².